The number of benzene rings is 1. The van der Waals surface area contributed by atoms with E-state index in [1.165, 1.54) is 5.56 Å². The van der Waals surface area contributed by atoms with E-state index in [0.29, 0.717) is 29.6 Å². The molecule has 1 aliphatic rings. The molecule has 2 aromatic heterocycles. The molecule has 3 aromatic rings. The van der Waals surface area contributed by atoms with Crippen molar-refractivity contribution in [2.45, 2.75) is 19.8 Å². The summed E-state index contributed by atoms with van der Waals surface area (Å²) >= 11 is 0. The maximum Gasteiger partial charge on any atom is 0.278 e. The van der Waals surface area contributed by atoms with Crippen molar-refractivity contribution < 1.29 is 9.32 Å². The van der Waals surface area contributed by atoms with E-state index < -0.39 is 0 Å². The summed E-state index contributed by atoms with van der Waals surface area (Å²) in [6.45, 7) is 2.50. The quantitative estimate of drug-likeness (QED) is 0.792. The molecular formula is C18H17N5O2. The highest BCUT2D eigenvalue weighted by molar-refractivity contribution is 6.05. The molecule has 0 radical (unpaired) electrons. The highest BCUT2D eigenvalue weighted by Crippen LogP contribution is 2.27. The molecule has 0 fully saturated rings. The van der Waals surface area contributed by atoms with Gasteiger partial charge in [-0.05, 0) is 43.5 Å². The van der Waals surface area contributed by atoms with Gasteiger partial charge in [0.2, 0.25) is 0 Å². The highest BCUT2D eigenvalue weighted by Gasteiger charge is 2.24. The molecule has 0 atom stereocenters. The zero-order chi connectivity index (χ0) is 17.2. The maximum absolute atomic E-state index is 12.8. The second-order valence-electron chi connectivity index (χ2n) is 5.94. The van der Waals surface area contributed by atoms with Crippen LogP contribution in [0.5, 0.6) is 0 Å². The van der Waals surface area contributed by atoms with E-state index >= 15 is 0 Å². The molecule has 25 heavy (non-hydrogen) atoms. The van der Waals surface area contributed by atoms with Crippen LogP contribution >= 0.6 is 0 Å². The van der Waals surface area contributed by atoms with Crippen molar-refractivity contribution in [2.24, 2.45) is 0 Å². The van der Waals surface area contributed by atoms with Crippen LogP contribution in [0.2, 0.25) is 0 Å². The molecule has 0 saturated heterocycles. The van der Waals surface area contributed by atoms with Gasteiger partial charge in [0.15, 0.2) is 17.3 Å². The Morgan fingerprint density at radius 1 is 1.16 bits per heavy atom. The summed E-state index contributed by atoms with van der Waals surface area (Å²) in [5.74, 6) is 1.62. The molecule has 126 valence electrons. The summed E-state index contributed by atoms with van der Waals surface area (Å²) in [6.07, 6.45) is 1.94. The second kappa shape index (κ2) is 6.35. The Labute approximate surface area is 144 Å². The minimum atomic E-state index is -0.136. The van der Waals surface area contributed by atoms with E-state index in [9.17, 15) is 4.79 Å². The van der Waals surface area contributed by atoms with Crippen molar-refractivity contribution in [2.75, 3.05) is 16.8 Å². The van der Waals surface area contributed by atoms with Crippen LogP contribution in [-0.4, -0.2) is 27.8 Å². The van der Waals surface area contributed by atoms with Crippen molar-refractivity contribution in [3.8, 4) is 0 Å². The number of rotatable bonds is 3. The third kappa shape index (κ3) is 3.08. The van der Waals surface area contributed by atoms with Gasteiger partial charge in [0, 0.05) is 18.3 Å². The van der Waals surface area contributed by atoms with Crippen molar-refractivity contribution >= 4 is 23.2 Å². The van der Waals surface area contributed by atoms with Crippen molar-refractivity contribution in [1.82, 2.24) is 15.4 Å². The zero-order valence-electron chi connectivity index (χ0n) is 13.8. The minimum absolute atomic E-state index is 0.136. The van der Waals surface area contributed by atoms with E-state index in [1.54, 1.807) is 23.1 Å². The van der Waals surface area contributed by atoms with Gasteiger partial charge in [-0.1, -0.05) is 23.4 Å². The number of nitrogens with zero attached hydrogens (tertiary/aromatic N) is 4. The fourth-order valence-corrected chi connectivity index (χ4v) is 2.95. The average molecular weight is 335 g/mol. The predicted molar refractivity (Wildman–Crippen MR) is 93.0 cm³/mol. The Kier molecular flexibility index (Phi) is 3.89. The largest absolute Gasteiger partial charge is 0.360 e. The number of anilines is 3. The summed E-state index contributed by atoms with van der Waals surface area (Å²) in [7, 11) is 0. The first-order valence-electron chi connectivity index (χ1n) is 8.14. The number of carbonyl (C=O) groups is 1. The Bertz CT molecular complexity index is 904. The number of carbonyl (C=O) groups excluding carboxylic acids is 1. The first kappa shape index (κ1) is 15.3. The van der Waals surface area contributed by atoms with Gasteiger partial charge in [0.25, 0.3) is 5.91 Å². The van der Waals surface area contributed by atoms with Gasteiger partial charge >= 0.3 is 0 Å². The van der Waals surface area contributed by atoms with Gasteiger partial charge in [0.05, 0.1) is 0 Å². The van der Waals surface area contributed by atoms with Crippen molar-refractivity contribution in [3.63, 3.8) is 0 Å². The zero-order valence-corrected chi connectivity index (χ0v) is 13.8. The monoisotopic (exact) mass is 335 g/mol. The lowest BCUT2D eigenvalue weighted by molar-refractivity contribution is 0.0979. The van der Waals surface area contributed by atoms with Gasteiger partial charge < -0.3 is 14.7 Å². The van der Waals surface area contributed by atoms with E-state index in [0.717, 1.165) is 18.5 Å². The molecular weight excluding hydrogens is 318 g/mol. The minimum Gasteiger partial charge on any atom is -0.360 e. The molecule has 3 heterocycles. The summed E-state index contributed by atoms with van der Waals surface area (Å²) in [5.41, 5.74) is 2.47. The number of para-hydroxylation sites is 1. The third-order valence-corrected chi connectivity index (χ3v) is 4.12. The standard InChI is InChI=1S/C18H17N5O2/c1-12-11-17(22-25-12)19-16-9-8-14(20-21-16)18(24)23-10-4-6-13-5-2-3-7-15(13)23/h2-3,5,7-9,11H,4,6,10H2,1H3,(H,19,21,22). The molecule has 7 heteroatoms. The topological polar surface area (TPSA) is 84.2 Å². The lowest BCUT2D eigenvalue weighted by Gasteiger charge is -2.29. The molecule has 1 aromatic carbocycles. The molecule has 0 aliphatic carbocycles. The van der Waals surface area contributed by atoms with Crippen molar-refractivity contribution in [1.29, 1.82) is 0 Å². The normalized spacial score (nSPS) is 13.4. The number of aromatic nitrogens is 3. The third-order valence-electron chi connectivity index (χ3n) is 4.12. The van der Waals surface area contributed by atoms with Crippen LogP contribution in [-0.2, 0) is 6.42 Å². The Balaban J connectivity index is 1.53. The summed E-state index contributed by atoms with van der Waals surface area (Å²) in [6, 6.07) is 13.1. The molecule has 0 saturated carbocycles. The van der Waals surface area contributed by atoms with Gasteiger partial charge in [-0.25, -0.2) is 0 Å². The first-order valence-corrected chi connectivity index (χ1v) is 8.14. The lowest BCUT2D eigenvalue weighted by Crippen LogP contribution is -2.36. The van der Waals surface area contributed by atoms with Gasteiger partial charge in [-0.3, -0.25) is 4.79 Å². The highest BCUT2D eigenvalue weighted by atomic mass is 16.5. The Hall–Kier alpha value is -3.22. The van der Waals surface area contributed by atoms with Crippen molar-refractivity contribution in [3.05, 3.63) is 59.5 Å². The number of nitrogens with one attached hydrogen (secondary N) is 1. The number of hydrogen-bond donors (Lipinski definition) is 1. The van der Waals surface area contributed by atoms with Crippen LogP contribution in [0.1, 0.15) is 28.2 Å². The van der Waals surface area contributed by atoms with Gasteiger partial charge in [-0.15, -0.1) is 10.2 Å². The fourth-order valence-electron chi connectivity index (χ4n) is 2.95. The molecule has 1 N–H and O–H groups in total. The molecule has 4 rings (SSSR count). The van der Waals surface area contributed by atoms with E-state index in [-0.39, 0.29) is 5.91 Å². The molecule has 0 spiro atoms. The van der Waals surface area contributed by atoms with Crippen LogP contribution in [0.3, 0.4) is 0 Å². The summed E-state index contributed by atoms with van der Waals surface area (Å²) in [4.78, 5) is 14.6. The smallest absolute Gasteiger partial charge is 0.278 e. The lowest BCUT2D eigenvalue weighted by atomic mass is 10.0. The average Bonchev–Trinajstić information content (AvgIpc) is 3.06. The Morgan fingerprint density at radius 2 is 2.04 bits per heavy atom. The summed E-state index contributed by atoms with van der Waals surface area (Å²) in [5, 5.41) is 15.0. The predicted octanol–water partition coefficient (Wildman–Crippen LogP) is 3.11. The van der Waals surface area contributed by atoms with E-state index in [4.69, 9.17) is 4.52 Å². The summed E-state index contributed by atoms with van der Waals surface area (Å²) < 4.78 is 4.99. The fraction of sp³-hybridized carbons (Fsp3) is 0.222. The molecule has 0 bridgehead atoms. The van der Waals surface area contributed by atoms with Crippen LogP contribution in [0, 0.1) is 6.92 Å². The van der Waals surface area contributed by atoms with E-state index in [2.05, 4.69) is 26.7 Å². The number of amides is 1. The number of fused-ring (bicyclic) bond motifs is 1. The van der Waals surface area contributed by atoms with Crippen LogP contribution < -0.4 is 10.2 Å². The van der Waals surface area contributed by atoms with Crippen LogP contribution in [0.15, 0.2) is 47.0 Å². The SMILES string of the molecule is Cc1cc(Nc2ccc(C(=O)N3CCCc4ccccc43)nn2)no1. The van der Waals surface area contributed by atoms with Crippen LogP contribution in [0.4, 0.5) is 17.3 Å². The molecule has 7 nitrogen and oxygen atoms in total. The van der Waals surface area contributed by atoms with E-state index in [1.807, 2.05) is 25.1 Å². The van der Waals surface area contributed by atoms with Crippen LogP contribution in [0.25, 0.3) is 0 Å². The molecule has 1 amide bonds. The maximum atomic E-state index is 12.8. The number of hydrogen-bond acceptors (Lipinski definition) is 6. The second-order valence-corrected chi connectivity index (χ2v) is 5.94. The van der Waals surface area contributed by atoms with Gasteiger partial charge in [0.1, 0.15) is 5.76 Å². The molecule has 0 unspecified atom stereocenters. The Morgan fingerprint density at radius 3 is 2.80 bits per heavy atom. The van der Waals surface area contributed by atoms with Gasteiger partial charge in [-0.2, -0.15) is 0 Å². The molecule has 1 aliphatic heterocycles. The number of aryl methyl sites for hydroxylation is 2. The first-order chi connectivity index (χ1) is 12.2.